The van der Waals surface area contributed by atoms with E-state index in [4.69, 9.17) is 27.6 Å². The molecule has 7 heteroatoms. The van der Waals surface area contributed by atoms with Crippen LogP contribution in [0.25, 0.3) is 17.1 Å². The molecule has 96 valence electrons. The van der Waals surface area contributed by atoms with E-state index in [0.717, 1.165) is 0 Å². The van der Waals surface area contributed by atoms with Crippen LogP contribution in [0.2, 0.25) is 10.4 Å². The zero-order valence-corrected chi connectivity index (χ0v) is 10.8. The average Bonchev–Trinajstić information content (AvgIpc) is 2.94. The van der Waals surface area contributed by atoms with Crippen molar-refractivity contribution in [1.82, 2.24) is 9.38 Å². The second kappa shape index (κ2) is 4.29. The summed E-state index contributed by atoms with van der Waals surface area (Å²) in [5.41, 5.74) is 0.531. The van der Waals surface area contributed by atoms with Crippen LogP contribution < -0.4 is 0 Å². The molecule has 0 aromatic carbocycles. The number of carbonyl (C=O) groups is 1. The molecule has 0 aliphatic heterocycles. The molecule has 0 amide bonds. The van der Waals surface area contributed by atoms with Crippen LogP contribution in [-0.2, 0) is 0 Å². The van der Waals surface area contributed by atoms with Crippen molar-refractivity contribution >= 4 is 34.7 Å². The Balaban J connectivity index is 2.39. The molecule has 19 heavy (non-hydrogen) atoms. The number of hydrogen-bond donors (Lipinski definition) is 1. The molecular weight excluding hydrogens is 291 g/mol. The highest BCUT2D eigenvalue weighted by Crippen LogP contribution is 2.29. The molecule has 0 bridgehead atoms. The molecule has 0 atom stereocenters. The summed E-state index contributed by atoms with van der Waals surface area (Å²) in [6.07, 6.45) is 0. The molecule has 0 aliphatic carbocycles. The van der Waals surface area contributed by atoms with Crippen molar-refractivity contribution in [3.8, 4) is 11.6 Å². The lowest BCUT2D eigenvalue weighted by Gasteiger charge is -2.03. The first-order valence-electron chi connectivity index (χ1n) is 5.24. The summed E-state index contributed by atoms with van der Waals surface area (Å²) in [6.45, 7) is 0. The number of hydrogen-bond acceptors (Lipinski definition) is 3. The predicted molar refractivity (Wildman–Crippen MR) is 69.9 cm³/mol. The standard InChI is InChI=1S/C12H6Cl2N2O3/c13-9-5-4-8(19-9)11-15-10(14)6-2-1-3-7(12(17)18)16(6)11/h1-5H,(H,17,18). The van der Waals surface area contributed by atoms with Gasteiger partial charge in [0.1, 0.15) is 5.69 Å². The largest absolute Gasteiger partial charge is 0.477 e. The number of rotatable bonds is 2. The van der Waals surface area contributed by atoms with E-state index < -0.39 is 5.97 Å². The van der Waals surface area contributed by atoms with Crippen molar-refractivity contribution in [2.24, 2.45) is 0 Å². The van der Waals surface area contributed by atoms with Crippen LogP contribution in [0, 0.1) is 0 Å². The van der Waals surface area contributed by atoms with Gasteiger partial charge in [0.25, 0.3) is 0 Å². The van der Waals surface area contributed by atoms with Gasteiger partial charge in [-0.15, -0.1) is 0 Å². The highest BCUT2D eigenvalue weighted by Gasteiger charge is 2.19. The van der Waals surface area contributed by atoms with Crippen molar-refractivity contribution in [1.29, 1.82) is 0 Å². The first-order valence-corrected chi connectivity index (χ1v) is 5.99. The van der Waals surface area contributed by atoms with Crippen LogP contribution >= 0.6 is 23.2 Å². The van der Waals surface area contributed by atoms with Gasteiger partial charge in [0.2, 0.25) is 0 Å². The van der Waals surface area contributed by atoms with E-state index in [0.29, 0.717) is 17.1 Å². The van der Waals surface area contributed by atoms with Crippen molar-refractivity contribution in [3.05, 3.63) is 46.4 Å². The Labute approximate surface area is 117 Å². The molecule has 0 unspecified atom stereocenters. The molecule has 0 aliphatic rings. The fraction of sp³-hybridized carbons (Fsp3) is 0. The zero-order valence-electron chi connectivity index (χ0n) is 9.30. The molecule has 3 aromatic heterocycles. The van der Waals surface area contributed by atoms with Gasteiger partial charge < -0.3 is 9.52 Å². The van der Waals surface area contributed by atoms with E-state index in [1.54, 1.807) is 24.3 Å². The third-order valence-corrected chi connectivity index (χ3v) is 3.11. The molecule has 3 aromatic rings. The molecule has 0 spiro atoms. The summed E-state index contributed by atoms with van der Waals surface area (Å²) in [6, 6.07) is 7.89. The van der Waals surface area contributed by atoms with E-state index in [9.17, 15) is 9.90 Å². The number of carboxylic acid groups (broad SMARTS) is 1. The second-order valence-electron chi connectivity index (χ2n) is 3.77. The van der Waals surface area contributed by atoms with Gasteiger partial charge in [0.15, 0.2) is 22.0 Å². The van der Waals surface area contributed by atoms with Crippen LogP contribution in [0.4, 0.5) is 0 Å². The van der Waals surface area contributed by atoms with Gasteiger partial charge in [0.05, 0.1) is 5.52 Å². The van der Waals surface area contributed by atoms with Crippen molar-refractivity contribution in [2.75, 3.05) is 0 Å². The molecule has 1 N–H and O–H groups in total. The lowest BCUT2D eigenvalue weighted by atomic mass is 10.3. The minimum Gasteiger partial charge on any atom is -0.477 e. The van der Waals surface area contributed by atoms with Crippen molar-refractivity contribution in [3.63, 3.8) is 0 Å². The van der Waals surface area contributed by atoms with Gasteiger partial charge in [-0.05, 0) is 35.9 Å². The third-order valence-electron chi connectivity index (χ3n) is 2.63. The van der Waals surface area contributed by atoms with Gasteiger partial charge in [-0.2, -0.15) is 0 Å². The highest BCUT2D eigenvalue weighted by atomic mass is 35.5. The average molecular weight is 297 g/mol. The predicted octanol–water partition coefficient (Wildman–Crippen LogP) is 3.60. The Morgan fingerprint density at radius 1 is 1.26 bits per heavy atom. The molecular formula is C12H6Cl2N2O3. The number of imidazole rings is 1. The number of aromatic carboxylic acids is 1. The molecule has 0 fully saturated rings. The number of furan rings is 1. The SMILES string of the molecule is O=C(O)c1cccc2c(Cl)nc(-c3ccc(Cl)o3)n12. The topological polar surface area (TPSA) is 67.7 Å². The molecule has 3 heterocycles. The molecule has 5 nitrogen and oxygen atoms in total. The molecule has 0 radical (unpaired) electrons. The minimum absolute atomic E-state index is 0.0411. The second-order valence-corrected chi connectivity index (χ2v) is 4.50. The Morgan fingerprint density at radius 3 is 2.68 bits per heavy atom. The lowest BCUT2D eigenvalue weighted by Crippen LogP contribution is -2.05. The maximum atomic E-state index is 11.3. The Morgan fingerprint density at radius 2 is 2.05 bits per heavy atom. The summed E-state index contributed by atoms with van der Waals surface area (Å²) in [4.78, 5) is 15.4. The van der Waals surface area contributed by atoms with E-state index >= 15 is 0 Å². The highest BCUT2D eigenvalue weighted by molar-refractivity contribution is 6.33. The number of nitrogens with zero attached hydrogens (tertiary/aromatic N) is 2. The van der Waals surface area contributed by atoms with Gasteiger partial charge in [0, 0.05) is 0 Å². The maximum Gasteiger partial charge on any atom is 0.352 e. The smallest absolute Gasteiger partial charge is 0.352 e. The fourth-order valence-corrected chi connectivity index (χ4v) is 2.24. The number of aromatic nitrogens is 2. The van der Waals surface area contributed by atoms with E-state index in [1.807, 2.05) is 0 Å². The number of carboxylic acids is 1. The zero-order chi connectivity index (χ0) is 13.6. The molecule has 3 rings (SSSR count). The van der Waals surface area contributed by atoms with Crippen molar-refractivity contribution in [2.45, 2.75) is 0 Å². The van der Waals surface area contributed by atoms with Crippen LogP contribution in [0.3, 0.4) is 0 Å². The van der Waals surface area contributed by atoms with Crippen LogP contribution in [-0.4, -0.2) is 20.5 Å². The summed E-state index contributed by atoms with van der Waals surface area (Å²) in [7, 11) is 0. The summed E-state index contributed by atoms with van der Waals surface area (Å²) in [5, 5.41) is 9.61. The van der Waals surface area contributed by atoms with E-state index in [2.05, 4.69) is 4.98 Å². The lowest BCUT2D eigenvalue weighted by molar-refractivity contribution is 0.0689. The Bertz CT molecular complexity index is 791. The number of halogens is 2. The van der Waals surface area contributed by atoms with Crippen LogP contribution in [0.5, 0.6) is 0 Å². The summed E-state index contributed by atoms with van der Waals surface area (Å²) >= 11 is 11.7. The van der Waals surface area contributed by atoms with Gasteiger partial charge >= 0.3 is 5.97 Å². The first-order chi connectivity index (χ1) is 9.08. The van der Waals surface area contributed by atoms with Crippen molar-refractivity contribution < 1.29 is 14.3 Å². The minimum atomic E-state index is -1.08. The Kier molecular flexibility index (Phi) is 2.73. The fourth-order valence-electron chi connectivity index (χ4n) is 1.87. The number of fused-ring (bicyclic) bond motifs is 1. The normalized spacial score (nSPS) is 11.1. The van der Waals surface area contributed by atoms with Crippen LogP contribution in [0.15, 0.2) is 34.7 Å². The Hall–Kier alpha value is -1.98. The summed E-state index contributed by atoms with van der Waals surface area (Å²) < 4.78 is 6.67. The van der Waals surface area contributed by atoms with E-state index in [1.165, 1.54) is 10.5 Å². The van der Waals surface area contributed by atoms with Crippen LogP contribution in [0.1, 0.15) is 10.5 Å². The quantitative estimate of drug-likeness (QED) is 0.784. The van der Waals surface area contributed by atoms with E-state index in [-0.39, 0.29) is 16.1 Å². The van der Waals surface area contributed by atoms with Gasteiger partial charge in [-0.3, -0.25) is 4.40 Å². The van der Waals surface area contributed by atoms with Gasteiger partial charge in [-0.1, -0.05) is 17.7 Å². The molecule has 0 saturated heterocycles. The summed E-state index contributed by atoms with van der Waals surface area (Å²) in [5.74, 6) is -0.441. The molecule has 0 saturated carbocycles. The third kappa shape index (κ3) is 1.87. The van der Waals surface area contributed by atoms with Gasteiger partial charge in [-0.25, -0.2) is 9.78 Å². The first kappa shape index (κ1) is 12.1. The maximum absolute atomic E-state index is 11.3. The monoisotopic (exact) mass is 296 g/mol. The number of pyridine rings is 1.